The summed E-state index contributed by atoms with van der Waals surface area (Å²) in [5.41, 5.74) is 0.819. The molecule has 1 aromatic rings. The minimum absolute atomic E-state index is 0.0159. The van der Waals surface area contributed by atoms with Gasteiger partial charge >= 0.3 is 0 Å². The van der Waals surface area contributed by atoms with Gasteiger partial charge in [0.2, 0.25) is 11.8 Å². The lowest BCUT2D eigenvalue weighted by atomic mass is 9.95. The molecule has 31 heavy (non-hydrogen) atoms. The van der Waals surface area contributed by atoms with E-state index in [-0.39, 0.29) is 35.3 Å². The van der Waals surface area contributed by atoms with Crippen molar-refractivity contribution in [1.29, 1.82) is 0 Å². The first-order chi connectivity index (χ1) is 14.9. The number of rotatable bonds is 5. The lowest BCUT2D eigenvalue weighted by molar-refractivity contribution is -0.134. The fourth-order valence-electron chi connectivity index (χ4n) is 4.81. The Morgan fingerprint density at radius 2 is 1.61 bits per heavy atom. The Labute approximate surface area is 184 Å². The summed E-state index contributed by atoms with van der Waals surface area (Å²) >= 11 is 0. The number of hydrogen-bond acceptors (Lipinski definition) is 6. The van der Waals surface area contributed by atoms with E-state index in [4.69, 9.17) is 0 Å². The highest BCUT2D eigenvalue weighted by Crippen LogP contribution is 2.21. The summed E-state index contributed by atoms with van der Waals surface area (Å²) in [5, 5.41) is 2.98. The summed E-state index contributed by atoms with van der Waals surface area (Å²) in [7, 11) is -2.88. The van der Waals surface area contributed by atoms with Crippen LogP contribution in [0.25, 0.3) is 0 Å². The number of nitrogens with one attached hydrogen (secondary N) is 1. The molecule has 3 saturated heterocycles. The molecule has 170 valence electrons. The van der Waals surface area contributed by atoms with E-state index in [0.717, 1.165) is 44.7 Å². The van der Waals surface area contributed by atoms with Crippen molar-refractivity contribution >= 4 is 27.3 Å². The Morgan fingerprint density at radius 3 is 2.23 bits per heavy atom. The molecule has 1 aromatic carbocycles. The molecule has 4 rings (SSSR count). The molecule has 9 heteroatoms. The number of piperazine rings is 1. The minimum Gasteiger partial charge on any atom is -0.339 e. The van der Waals surface area contributed by atoms with Gasteiger partial charge in [0.1, 0.15) is 0 Å². The number of likely N-dealkylation sites (tertiary alicyclic amines) is 1. The van der Waals surface area contributed by atoms with Gasteiger partial charge < -0.3 is 10.2 Å². The van der Waals surface area contributed by atoms with Crippen LogP contribution in [0.2, 0.25) is 0 Å². The van der Waals surface area contributed by atoms with Gasteiger partial charge in [-0.2, -0.15) is 0 Å². The number of carbonyl (C=O) groups excluding carboxylic acids is 2. The highest BCUT2D eigenvalue weighted by molar-refractivity contribution is 7.91. The molecule has 1 N–H and O–H groups in total. The third-order valence-corrected chi connectivity index (χ3v) is 8.50. The predicted molar refractivity (Wildman–Crippen MR) is 119 cm³/mol. The van der Waals surface area contributed by atoms with Crippen LogP contribution in [-0.4, -0.2) is 98.3 Å². The SMILES string of the molecule is O=C(Nc1ccccc1)C1CCN(CC(=O)N2CCN([C@H]3CCS(=O)(=O)C3)CC2)CC1. The molecule has 2 amide bonds. The van der Waals surface area contributed by atoms with E-state index in [9.17, 15) is 18.0 Å². The molecule has 0 aliphatic carbocycles. The van der Waals surface area contributed by atoms with Gasteiger partial charge in [-0.25, -0.2) is 8.42 Å². The van der Waals surface area contributed by atoms with Gasteiger partial charge in [0.15, 0.2) is 9.84 Å². The summed E-state index contributed by atoms with van der Waals surface area (Å²) in [6.45, 7) is 4.69. The van der Waals surface area contributed by atoms with Crippen molar-refractivity contribution in [2.24, 2.45) is 5.92 Å². The van der Waals surface area contributed by atoms with Crippen molar-refractivity contribution in [2.45, 2.75) is 25.3 Å². The molecule has 3 aliphatic rings. The second-order valence-corrected chi connectivity index (χ2v) is 11.1. The zero-order valence-corrected chi connectivity index (χ0v) is 18.7. The number of sulfone groups is 1. The summed E-state index contributed by atoms with van der Waals surface area (Å²) in [4.78, 5) is 31.5. The molecule has 8 nitrogen and oxygen atoms in total. The second kappa shape index (κ2) is 9.67. The largest absolute Gasteiger partial charge is 0.339 e. The van der Waals surface area contributed by atoms with Crippen LogP contribution in [0.15, 0.2) is 30.3 Å². The van der Waals surface area contributed by atoms with Crippen LogP contribution in [0.5, 0.6) is 0 Å². The fraction of sp³-hybridized carbons (Fsp3) is 0.636. The smallest absolute Gasteiger partial charge is 0.236 e. The molecule has 1 atom stereocenters. The first kappa shape index (κ1) is 22.2. The van der Waals surface area contributed by atoms with Crippen LogP contribution < -0.4 is 5.32 Å². The van der Waals surface area contributed by atoms with Crippen molar-refractivity contribution in [2.75, 3.05) is 62.6 Å². The van der Waals surface area contributed by atoms with E-state index >= 15 is 0 Å². The molecule has 0 bridgehead atoms. The third kappa shape index (κ3) is 5.84. The van der Waals surface area contributed by atoms with E-state index in [1.807, 2.05) is 35.2 Å². The molecule has 0 unspecified atom stereocenters. The molecule has 0 radical (unpaired) electrons. The molecule has 0 spiro atoms. The van der Waals surface area contributed by atoms with Crippen LogP contribution in [0.1, 0.15) is 19.3 Å². The quantitative estimate of drug-likeness (QED) is 0.712. The maximum absolute atomic E-state index is 12.7. The number of amides is 2. The van der Waals surface area contributed by atoms with Crippen molar-refractivity contribution < 1.29 is 18.0 Å². The Kier molecular flexibility index (Phi) is 6.93. The van der Waals surface area contributed by atoms with Gasteiger partial charge in [0, 0.05) is 43.8 Å². The summed E-state index contributed by atoms with van der Waals surface area (Å²) in [5.74, 6) is 0.718. The zero-order valence-electron chi connectivity index (χ0n) is 17.9. The number of carbonyl (C=O) groups is 2. The average molecular weight is 449 g/mol. The third-order valence-electron chi connectivity index (χ3n) is 6.75. The van der Waals surface area contributed by atoms with E-state index in [1.165, 1.54) is 0 Å². The monoisotopic (exact) mass is 448 g/mol. The normalized spacial score (nSPS) is 25.4. The van der Waals surface area contributed by atoms with Gasteiger partial charge in [-0.3, -0.25) is 19.4 Å². The van der Waals surface area contributed by atoms with Gasteiger partial charge in [0.05, 0.1) is 18.1 Å². The van der Waals surface area contributed by atoms with Gasteiger partial charge in [-0.05, 0) is 44.5 Å². The molecule has 0 aromatic heterocycles. The molecule has 3 fully saturated rings. The standard InChI is InChI=1S/C22H32N4O4S/c27-21(26-13-11-25(12-14-26)20-8-15-31(29,30)17-20)16-24-9-6-18(7-10-24)22(28)23-19-4-2-1-3-5-19/h1-5,18,20H,6-17H2,(H,23,28)/t20-/m0/s1. The lowest BCUT2D eigenvalue weighted by Gasteiger charge is -2.39. The van der Waals surface area contributed by atoms with Crippen molar-refractivity contribution in [3.63, 3.8) is 0 Å². The van der Waals surface area contributed by atoms with Crippen LogP contribution in [0.4, 0.5) is 5.69 Å². The number of para-hydroxylation sites is 1. The maximum atomic E-state index is 12.7. The first-order valence-electron chi connectivity index (χ1n) is 11.2. The number of nitrogens with zero attached hydrogens (tertiary/aromatic N) is 3. The first-order valence-corrected chi connectivity index (χ1v) is 13.0. The Hall–Kier alpha value is -1.97. The van der Waals surface area contributed by atoms with E-state index in [1.54, 1.807) is 0 Å². The molecule has 3 aliphatic heterocycles. The molecular formula is C22H32N4O4S. The van der Waals surface area contributed by atoms with Crippen LogP contribution in [0.3, 0.4) is 0 Å². The summed E-state index contributed by atoms with van der Waals surface area (Å²) in [6, 6.07) is 9.61. The predicted octanol–water partition coefficient (Wildman–Crippen LogP) is 0.668. The number of benzene rings is 1. The fourth-order valence-corrected chi connectivity index (χ4v) is 6.57. The Morgan fingerprint density at radius 1 is 0.935 bits per heavy atom. The van der Waals surface area contributed by atoms with Crippen LogP contribution in [-0.2, 0) is 19.4 Å². The van der Waals surface area contributed by atoms with Crippen LogP contribution in [0, 0.1) is 5.92 Å². The maximum Gasteiger partial charge on any atom is 0.236 e. The second-order valence-electron chi connectivity index (χ2n) is 8.88. The highest BCUT2D eigenvalue weighted by Gasteiger charge is 2.34. The zero-order chi connectivity index (χ0) is 21.8. The minimum atomic E-state index is -2.88. The average Bonchev–Trinajstić information content (AvgIpc) is 3.14. The number of piperidine rings is 1. The Balaban J connectivity index is 1.17. The lowest BCUT2D eigenvalue weighted by Crippen LogP contribution is -2.54. The van der Waals surface area contributed by atoms with Gasteiger partial charge in [-0.1, -0.05) is 18.2 Å². The number of hydrogen-bond donors (Lipinski definition) is 1. The van der Waals surface area contributed by atoms with Crippen molar-refractivity contribution in [3.05, 3.63) is 30.3 Å². The van der Waals surface area contributed by atoms with Crippen molar-refractivity contribution in [1.82, 2.24) is 14.7 Å². The topological polar surface area (TPSA) is 90.0 Å². The van der Waals surface area contributed by atoms with E-state index in [2.05, 4.69) is 15.1 Å². The molecular weight excluding hydrogens is 416 g/mol. The van der Waals surface area contributed by atoms with Gasteiger partial charge in [-0.15, -0.1) is 0 Å². The van der Waals surface area contributed by atoms with Crippen LogP contribution >= 0.6 is 0 Å². The molecule has 3 heterocycles. The Bertz CT molecular complexity index is 876. The summed E-state index contributed by atoms with van der Waals surface area (Å²) in [6.07, 6.45) is 2.23. The summed E-state index contributed by atoms with van der Waals surface area (Å²) < 4.78 is 23.4. The van der Waals surface area contributed by atoms with E-state index in [0.29, 0.717) is 26.1 Å². The van der Waals surface area contributed by atoms with Crippen molar-refractivity contribution in [3.8, 4) is 0 Å². The van der Waals surface area contributed by atoms with E-state index < -0.39 is 9.84 Å². The number of anilines is 1. The highest BCUT2D eigenvalue weighted by atomic mass is 32.2. The van der Waals surface area contributed by atoms with Gasteiger partial charge in [0.25, 0.3) is 0 Å². The molecule has 0 saturated carbocycles.